The SMILES string of the molecule is C=CCc1ccc(OCCCC[NH+]2C[C@H](C)C[C@H](C)C2)c(OC)c1. The Morgan fingerprint density at radius 3 is 2.58 bits per heavy atom. The average Bonchev–Trinajstić information content (AvgIpc) is 2.55. The molecule has 3 atom stereocenters. The lowest BCUT2D eigenvalue weighted by Gasteiger charge is -2.32. The Hall–Kier alpha value is -1.48. The van der Waals surface area contributed by atoms with Crippen molar-refractivity contribution in [3.05, 3.63) is 36.4 Å². The number of hydrogen-bond acceptors (Lipinski definition) is 2. The predicted molar refractivity (Wildman–Crippen MR) is 100 cm³/mol. The van der Waals surface area contributed by atoms with Crippen LogP contribution in [0.2, 0.25) is 0 Å². The summed E-state index contributed by atoms with van der Waals surface area (Å²) >= 11 is 0. The molecule has 3 nitrogen and oxygen atoms in total. The third kappa shape index (κ3) is 5.86. The maximum atomic E-state index is 5.93. The van der Waals surface area contributed by atoms with Gasteiger partial charge in [-0.3, -0.25) is 0 Å². The Bertz CT molecular complexity index is 505. The van der Waals surface area contributed by atoms with E-state index < -0.39 is 0 Å². The minimum absolute atomic E-state index is 0.759. The summed E-state index contributed by atoms with van der Waals surface area (Å²) in [5.41, 5.74) is 1.20. The number of methoxy groups -OCH3 is 1. The number of allylic oxidation sites excluding steroid dienone is 1. The summed E-state index contributed by atoms with van der Waals surface area (Å²) in [7, 11) is 1.70. The number of rotatable bonds is 9. The van der Waals surface area contributed by atoms with Crippen LogP contribution in [0.25, 0.3) is 0 Å². The number of ether oxygens (including phenoxy) is 2. The Kier molecular flexibility index (Phi) is 7.64. The summed E-state index contributed by atoms with van der Waals surface area (Å²) in [4.78, 5) is 1.77. The molecule has 24 heavy (non-hydrogen) atoms. The maximum Gasteiger partial charge on any atom is 0.161 e. The van der Waals surface area contributed by atoms with Gasteiger partial charge in [0.15, 0.2) is 11.5 Å². The first kappa shape index (κ1) is 18.9. The van der Waals surface area contributed by atoms with E-state index >= 15 is 0 Å². The highest BCUT2D eigenvalue weighted by atomic mass is 16.5. The van der Waals surface area contributed by atoms with E-state index in [2.05, 4.69) is 26.5 Å². The van der Waals surface area contributed by atoms with Crippen molar-refractivity contribution in [2.75, 3.05) is 33.4 Å². The zero-order chi connectivity index (χ0) is 17.4. The number of unbranched alkanes of at least 4 members (excludes halogenated alkanes) is 1. The van der Waals surface area contributed by atoms with E-state index in [1.807, 2.05) is 18.2 Å². The fraction of sp³-hybridized carbons (Fsp3) is 0.619. The molecule has 134 valence electrons. The molecule has 1 fully saturated rings. The van der Waals surface area contributed by atoms with E-state index in [1.54, 1.807) is 12.0 Å². The molecule has 0 saturated carbocycles. The van der Waals surface area contributed by atoms with Crippen molar-refractivity contribution < 1.29 is 14.4 Å². The zero-order valence-corrected chi connectivity index (χ0v) is 15.6. The fourth-order valence-corrected chi connectivity index (χ4v) is 3.91. The fourth-order valence-electron chi connectivity index (χ4n) is 3.91. The molecule has 1 N–H and O–H groups in total. The molecule has 1 saturated heterocycles. The lowest BCUT2D eigenvalue weighted by Crippen LogP contribution is -3.14. The molecule has 0 bridgehead atoms. The van der Waals surface area contributed by atoms with Gasteiger partial charge in [0.25, 0.3) is 0 Å². The molecule has 0 aliphatic carbocycles. The Labute approximate surface area is 147 Å². The van der Waals surface area contributed by atoms with Crippen LogP contribution in [0.4, 0.5) is 0 Å². The smallest absolute Gasteiger partial charge is 0.161 e. The van der Waals surface area contributed by atoms with Gasteiger partial charge in [-0.1, -0.05) is 26.0 Å². The number of hydrogen-bond donors (Lipinski definition) is 1. The molecule has 0 radical (unpaired) electrons. The average molecular weight is 333 g/mol. The van der Waals surface area contributed by atoms with Crippen LogP contribution < -0.4 is 14.4 Å². The lowest BCUT2D eigenvalue weighted by atomic mass is 9.92. The molecule has 0 amide bonds. The summed E-state index contributed by atoms with van der Waals surface area (Å²) in [5.74, 6) is 3.41. The summed E-state index contributed by atoms with van der Waals surface area (Å²) in [6.45, 7) is 13.3. The van der Waals surface area contributed by atoms with Gasteiger partial charge in [-0.05, 0) is 43.4 Å². The third-order valence-corrected chi connectivity index (χ3v) is 4.87. The van der Waals surface area contributed by atoms with Gasteiger partial charge in [0.05, 0.1) is 33.4 Å². The molecule has 0 spiro atoms. The lowest BCUT2D eigenvalue weighted by molar-refractivity contribution is -0.912. The van der Waals surface area contributed by atoms with Crippen molar-refractivity contribution in [2.24, 2.45) is 11.8 Å². The highest BCUT2D eigenvalue weighted by Gasteiger charge is 2.24. The van der Waals surface area contributed by atoms with Crippen LogP contribution in [0, 0.1) is 11.8 Å². The van der Waals surface area contributed by atoms with Crippen LogP contribution in [0.5, 0.6) is 11.5 Å². The first-order valence-electron chi connectivity index (χ1n) is 9.36. The molecule has 1 unspecified atom stereocenters. The van der Waals surface area contributed by atoms with Gasteiger partial charge in [-0.15, -0.1) is 6.58 Å². The first-order valence-corrected chi connectivity index (χ1v) is 9.36. The monoisotopic (exact) mass is 332 g/mol. The molecule has 1 aromatic carbocycles. The van der Waals surface area contributed by atoms with Gasteiger partial charge in [0.2, 0.25) is 0 Å². The minimum Gasteiger partial charge on any atom is -0.493 e. The summed E-state index contributed by atoms with van der Waals surface area (Å²) < 4.78 is 11.4. The highest BCUT2D eigenvalue weighted by molar-refractivity contribution is 5.43. The Balaban J connectivity index is 1.71. The van der Waals surface area contributed by atoms with Crippen molar-refractivity contribution in [2.45, 2.75) is 39.5 Å². The van der Waals surface area contributed by atoms with E-state index in [4.69, 9.17) is 9.47 Å². The number of quaternary nitrogens is 1. The maximum absolute atomic E-state index is 5.93. The molecule has 1 heterocycles. The molecule has 3 heteroatoms. The van der Waals surface area contributed by atoms with E-state index in [-0.39, 0.29) is 0 Å². The van der Waals surface area contributed by atoms with Gasteiger partial charge in [0.1, 0.15) is 0 Å². The summed E-state index contributed by atoms with van der Waals surface area (Å²) in [6, 6.07) is 6.13. The van der Waals surface area contributed by atoms with Crippen LogP contribution in [-0.2, 0) is 6.42 Å². The topological polar surface area (TPSA) is 22.9 Å². The molecule has 2 rings (SSSR count). The molecule has 1 aliphatic rings. The van der Waals surface area contributed by atoms with Crippen LogP contribution in [-0.4, -0.2) is 33.4 Å². The van der Waals surface area contributed by atoms with Gasteiger partial charge in [-0.2, -0.15) is 0 Å². The Morgan fingerprint density at radius 2 is 1.92 bits per heavy atom. The summed E-state index contributed by atoms with van der Waals surface area (Å²) in [6.07, 6.45) is 6.48. The second kappa shape index (κ2) is 9.73. The predicted octanol–water partition coefficient (Wildman–Crippen LogP) is 3.14. The van der Waals surface area contributed by atoms with Crippen LogP contribution in [0.15, 0.2) is 30.9 Å². The van der Waals surface area contributed by atoms with Crippen molar-refractivity contribution in [1.29, 1.82) is 0 Å². The van der Waals surface area contributed by atoms with Crippen molar-refractivity contribution in [3.63, 3.8) is 0 Å². The second-order valence-corrected chi connectivity index (χ2v) is 7.39. The van der Waals surface area contributed by atoms with Crippen molar-refractivity contribution >= 4 is 0 Å². The van der Waals surface area contributed by atoms with Crippen molar-refractivity contribution in [1.82, 2.24) is 0 Å². The van der Waals surface area contributed by atoms with E-state index in [0.717, 1.165) is 42.8 Å². The molecular weight excluding hydrogens is 298 g/mol. The standard InChI is InChI=1S/C21H33NO2/c1-5-8-19-9-10-20(21(14-19)23-4)24-12-7-6-11-22-15-17(2)13-18(3)16-22/h5,9-10,14,17-18H,1,6-8,11-13,15-16H2,2-4H3/p+1/t17-,18+. The second-order valence-electron chi connectivity index (χ2n) is 7.39. The molecule has 0 aromatic heterocycles. The summed E-state index contributed by atoms with van der Waals surface area (Å²) in [5, 5.41) is 0. The van der Waals surface area contributed by atoms with E-state index in [9.17, 15) is 0 Å². The highest BCUT2D eigenvalue weighted by Crippen LogP contribution is 2.28. The van der Waals surface area contributed by atoms with Gasteiger partial charge >= 0.3 is 0 Å². The number of benzene rings is 1. The molecular formula is C21H34NO2+. The normalized spacial score (nSPS) is 23.7. The van der Waals surface area contributed by atoms with Crippen molar-refractivity contribution in [3.8, 4) is 11.5 Å². The van der Waals surface area contributed by atoms with Crippen LogP contribution in [0.1, 0.15) is 38.7 Å². The zero-order valence-electron chi connectivity index (χ0n) is 15.6. The first-order chi connectivity index (χ1) is 11.6. The Morgan fingerprint density at radius 1 is 1.17 bits per heavy atom. The van der Waals surface area contributed by atoms with Crippen LogP contribution in [0.3, 0.4) is 0 Å². The quantitative estimate of drug-likeness (QED) is 0.554. The largest absolute Gasteiger partial charge is 0.493 e. The van der Waals surface area contributed by atoms with Gasteiger partial charge in [-0.25, -0.2) is 0 Å². The molecule has 1 aliphatic heterocycles. The minimum atomic E-state index is 0.759. The van der Waals surface area contributed by atoms with E-state index in [1.165, 1.54) is 38.0 Å². The van der Waals surface area contributed by atoms with Gasteiger partial charge < -0.3 is 14.4 Å². The number of piperidine rings is 1. The number of nitrogens with one attached hydrogen (secondary N) is 1. The third-order valence-electron chi connectivity index (χ3n) is 4.87. The number of likely N-dealkylation sites (tertiary alicyclic amines) is 1. The molecule has 1 aromatic rings. The van der Waals surface area contributed by atoms with Crippen LogP contribution >= 0.6 is 0 Å². The van der Waals surface area contributed by atoms with Gasteiger partial charge in [0, 0.05) is 11.8 Å². The van der Waals surface area contributed by atoms with E-state index in [0.29, 0.717) is 0 Å².